The standard InChI is InChI=1S/C14H11N3O3/c18-14-15-12-6-1-2-7-13(12)16(14)9-10-4-3-5-11(8-10)17(19)20/h1-8H,9H2,(H,15,18). The summed E-state index contributed by atoms with van der Waals surface area (Å²) in [5, 5.41) is 10.8. The molecular formula is C14H11N3O3. The van der Waals surface area contributed by atoms with E-state index in [0.717, 1.165) is 11.0 Å². The molecule has 0 aliphatic rings. The zero-order valence-electron chi connectivity index (χ0n) is 10.4. The van der Waals surface area contributed by atoms with Crippen molar-refractivity contribution in [1.82, 2.24) is 9.55 Å². The molecule has 0 amide bonds. The van der Waals surface area contributed by atoms with Gasteiger partial charge in [0.15, 0.2) is 0 Å². The van der Waals surface area contributed by atoms with E-state index in [1.54, 1.807) is 16.7 Å². The Morgan fingerprint density at radius 3 is 2.75 bits per heavy atom. The zero-order valence-corrected chi connectivity index (χ0v) is 10.4. The maximum atomic E-state index is 11.9. The molecule has 0 saturated carbocycles. The number of H-pyrrole nitrogens is 1. The summed E-state index contributed by atoms with van der Waals surface area (Å²) >= 11 is 0. The summed E-state index contributed by atoms with van der Waals surface area (Å²) < 4.78 is 1.56. The average molecular weight is 269 g/mol. The van der Waals surface area contributed by atoms with E-state index in [-0.39, 0.29) is 11.4 Å². The highest BCUT2D eigenvalue weighted by Gasteiger charge is 2.09. The fourth-order valence-corrected chi connectivity index (χ4v) is 2.21. The van der Waals surface area contributed by atoms with Crippen molar-refractivity contribution in [2.24, 2.45) is 0 Å². The van der Waals surface area contributed by atoms with Gasteiger partial charge in [-0.2, -0.15) is 0 Å². The molecule has 3 aromatic rings. The number of rotatable bonds is 3. The molecule has 0 atom stereocenters. The van der Waals surface area contributed by atoms with Gasteiger partial charge >= 0.3 is 5.69 Å². The van der Waals surface area contributed by atoms with Gasteiger partial charge in [0, 0.05) is 12.1 Å². The van der Waals surface area contributed by atoms with E-state index in [0.29, 0.717) is 12.1 Å². The monoisotopic (exact) mass is 269 g/mol. The molecule has 6 heteroatoms. The lowest BCUT2D eigenvalue weighted by atomic mass is 10.2. The van der Waals surface area contributed by atoms with E-state index >= 15 is 0 Å². The number of nitro groups is 1. The van der Waals surface area contributed by atoms with E-state index < -0.39 is 4.92 Å². The van der Waals surface area contributed by atoms with Crippen LogP contribution in [-0.2, 0) is 6.54 Å². The molecule has 6 nitrogen and oxygen atoms in total. The summed E-state index contributed by atoms with van der Waals surface area (Å²) in [5.74, 6) is 0. The summed E-state index contributed by atoms with van der Waals surface area (Å²) in [6.07, 6.45) is 0. The van der Waals surface area contributed by atoms with E-state index in [1.807, 2.05) is 24.3 Å². The van der Waals surface area contributed by atoms with Crippen molar-refractivity contribution < 1.29 is 4.92 Å². The lowest BCUT2D eigenvalue weighted by molar-refractivity contribution is -0.384. The second-order valence-electron chi connectivity index (χ2n) is 4.46. The number of hydrogen-bond acceptors (Lipinski definition) is 3. The molecule has 0 bridgehead atoms. The van der Waals surface area contributed by atoms with Gasteiger partial charge in [0.1, 0.15) is 0 Å². The average Bonchev–Trinajstić information content (AvgIpc) is 2.76. The van der Waals surface area contributed by atoms with Crippen LogP contribution in [0, 0.1) is 10.1 Å². The molecule has 0 spiro atoms. The van der Waals surface area contributed by atoms with Crippen LogP contribution in [0.3, 0.4) is 0 Å². The number of nitrogens with one attached hydrogen (secondary N) is 1. The number of nitro benzene ring substituents is 1. The summed E-state index contributed by atoms with van der Waals surface area (Å²) in [7, 11) is 0. The van der Waals surface area contributed by atoms with Gasteiger partial charge in [-0.1, -0.05) is 24.3 Å². The Morgan fingerprint density at radius 2 is 1.95 bits per heavy atom. The first-order valence-corrected chi connectivity index (χ1v) is 6.06. The number of aromatic amines is 1. The van der Waals surface area contributed by atoms with Crippen molar-refractivity contribution in [2.45, 2.75) is 6.54 Å². The molecule has 0 saturated heterocycles. The van der Waals surface area contributed by atoms with Crippen LogP contribution in [-0.4, -0.2) is 14.5 Å². The Kier molecular flexibility index (Phi) is 2.83. The highest BCUT2D eigenvalue weighted by atomic mass is 16.6. The van der Waals surface area contributed by atoms with E-state index in [1.165, 1.54) is 12.1 Å². The van der Waals surface area contributed by atoms with Crippen molar-refractivity contribution in [3.8, 4) is 0 Å². The molecule has 2 aromatic carbocycles. The third kappa shape index (κ3) is 2.07. The predicted octanol–water partition coefficient (Wildman–Crippen LogP) is 2.29. The van der Waals surface area contributed by atoms with E-state index in [9.17, 15) is 14.9 Å². The molecule has 20 heavy (non-hydrogen) atoms. The fraction of sp³-hybridized carbons (Fsp3) is 0.0714. The largest absolute Gasteiger partial charge is 0.326 e. The first-order chi connectivity index (χ1) is 9.65. The van der Waals surface area contributed by atoms with Gasteiger partial charge in [0.25, 0.3) is 5.69 Å². The summed E-state index contributed by atoms with van der Waals surface area (Å²) in [4.78, 5) is 25.0. The SMILES string of the molecule is O=c1[nH]c2ccccc2n1Cc1cccc([N+](=O)[O-])c1. The summed E-state index contributed by atoms with van der Waals surface area (Å²) in [5.41, 5.74) is 2.05. The Morgan fingerprint density at radius 1 is 1.15 bits per heavy atom. The lowest BCUT2D eigenvalue weighted by Gasteiger charge is -2.03. The molecule has 0 fully saturated rings. The minimum Gasteiger partial charge on any atom is -0.306 e. The molecule has 0 unspecified atom stereocenters. The summed E-state index contributed by atoms with van der Waals surface area (Å²) in [6.45, 7) is 0.296. The molecule has 1 heterocycles. The van der Waals surface area contributed by atoms with Crippen LogP contribution in [0.25, 0.3) is 11.0 Å². The Hall–Kier alpha value is -2.89. The van der Waals surface area contributed by atoms with Crippen LogP contribution >= 0.6 is 0 Å². The van der Waals surface area contributed by atoms with Crippen molar-refractivity contribution in [3.05, 3.63) is 74.7 Å². The van der Waals surface area contributed by atoms with Crippen molar-refractivity contribution in [3.63, 3.8) is 0 Å². The van der Waals surface area contributed by atoms with Gasteiger partial charge in [-0.25, -0.2) is 4.79 Å². The minimum atomic E-state index is -0.443. The summed E-state index contributed by atoms with van der Waals surface area (Å²) in [6, 6.07) is 13.6. The fourth-order valence-electron chi connectivity index (χ4n) is 2.21. The lowest BCUT2D eigenvalue weighted by Crippen LogP contribution is -2.17. The number of imidazole rings is 1. The molecule has 0 radical (unpaired) electrons. The van der Waals surface area contributed by atoms with Gasteiger partial charge in [0.2, 0.25) is 0 Å². The Bertz CT molecular complexity index is 848. The third-order valence-electron chi connectivity index (χ3n) is 3.14. The third-order valence-corrected chi connectivity index (χ3v) is 3.14. The smallest absolute Gasteiger partial charge is 0.306 e. The van der Waals surface area contributed by atoms with E-state index in [4.69, 9.17) is 0 Å². The molecule has 1 aromatic heterocycles. The number of benzene rings is 2. The molecule has 3 rings (SSSR count). The first kappa shape index (κ1) is 12.2. The highest BCUT2D eigenvalue weighted by Crippen LogP contribution is 2.16. The topological polar surface area (TPSA) is 80.9 Å². The van der Waals surface area contributed by atoms with Crippen LogP contribution in [0.1, 0.15) is 5.56 Å². The molecule has 1 N–H and O–H groups in total. The van der Waals surface area contributed by atoms with Crippen LogP contribution in [0.5, 0.6) is 0 Å². The quantitative estimate of drug-likeness (QED) is 0.585. The van der Waals surface area contributed by atoms with Gasteiger partial charge in [-0.3, -0.25) is 14.7 Å². The first-order valence-electron chi connectivity index (χ1n) is 6.06. The van der Waals surface area contributed by atoms with Crippen LogP contribution in [0.2, 0.25) is 0 Å². The Labute approximate surface area is 113 Å². The molecular weight excluding hydrogens is 258 g/mol. The van der Waals surface area contributed by atoms with Crippen LogP contribution in [0.15, 0.2) is 53.3 Å². The van der Waals surface area contributed by atoms with Gasteiger partial charge in [0.05, 0.1) is 22.5 Å². The van der Waals surface area contributed by atoms with Gasteiger partial charge in [-0.05, 0) is 17.7 Å². The number of aromatic nitrogens is 2. The zero-order chi connectivity index (χ0) is 14.1. The maximum Gasteiger partial charge on any atom is 0.326 e. The molecule has 100 valence electrons. The highest BCUT2D eigenvalue weighted by molar-refractivity contribution is 5.75. The van der Waals surface area contributed by atoms with Crippen LogP contribution in [0.4, 0.5) is 5.69 Å². The number of fused-ring (bicyclic) bond motifs is 1. The number of non-ortho nitro benzene ring substituents is 1. The van der Waals surface area contributed by atoms with Crippen molar-refractivity contribution >= 4 is 16.7 Å². The second-order valence-corrected chi connectivity index (χ2v) is 4.46. The normalized spacial score (nSPS) is 10.8. The number of nitrogens with zero attached hydrogens (tertiary/aromatic N) is 2. The van der Waals surface area contributed by atoms with Crippen molar-refractivity contribution in [2.75, 3.05) is 0 Å². The number of para-hydroxylation sites is 2. The predicted molar refractivity (Wildman–Crippen MR) is 74.8 cm³/mol. The van der Waals surface area contributed by atoms with Crippen molar-refractivity contribution in [1.29, 1.82) is 0 Å². The maximum absolute atomic E-state index is 11.9. The van der Waals surface area contributed by atoms with Gasteiger partial charge < -0.3 is 4.98 Å². The van der Waals surface area contributed by atoms with E-state index in [2.05, 4.69) is 4.98 Å². The Balaban J connectivity index is 2.05. The minimum absolute atomic E-state index is 0.0235. The second kappa shape index (κ2) is 4.65. The molecule has 0 aliphatic heterocycles. The van der Waals surface area contributed by atoms with Gasteiger partial charge in [-0.15, -0.1) is 0 Å². The number of hydrogen-bond donors (Lipinski definition) is 1. The van der Waals surface area contributed by atoms with Crippen LogP contribution < -0.4 is 5.69 Å². The molecule has 0 aliphatic carbocycles.